The standard InChI is InChI=1S/C20H34OS2/c1-4-6-8-9-10-11-12-14-18(13-7-5-2)23-20-19(17(3)21)15-16-22-20/h15-16,18H,4-14H2,1-3H3. The fraction of sp³-hybridized carbons (Fsp3) is 0.750. The maximum atomic E-state index is 11.7. The molecule has 0 saturated heterocycles. The Labute approximate surface area is 151 Å². The van der Waals surface area contributed by atoms with Crippen LogP contribution in [-0.2, 0) is 0 Å². The van der Waals surface area contributed by atoms with Gasteiger partial charge < -0.3 is 0 Å². The summed E-state index contributed by atoms with van der Waals surface area (Å²) in [6.45, 7) is 6.22. The number of thioether (sulfide) groups is 1. The van der Waals surface area contributed by atoms with Gasteiger partial charge in [0.2, 0.25) is 0 Å². The van der Waals surface area contributed by atoms with Crippen LogP contribution in [-0.4, -0.2) is 11.0 Å². The molecule has 0 saturated carbocycles. The van der Waals surface area contributed by atoms with E-state index in [4.69, 9.17) is 0 Å². The molecule has 0 bridgehead atoms. The van der Waals surface area contributed by atoms with E-state index >= 15 is 0 Å². The molecule has 0 amide bonds. The quantitative estimate of drug-likeness (QED) is 0.193. The van der Waals surface area contributed by atoms with E-state index in [1.807, 2.05) is 17.8 Å². The fourth-order valence-corrected chi connectivity index (χ4v) is 5.50. The highest BCUT2D eigenvalue weighted by atomic mass is 32.2. The molecular weight excluding hydrogens is 320 g/mol. The second-order valence-electron chi connectivity index (χ2n) is 6.47. The van der Waals surface area contributed by atoms with Crippen LogP contribution < -0.4 is 0 Å². The minimum Gasteiger partial charge on any atom is -0.294 e. The van der Waals surface area contributed by atoms with Gasteiger partial charge in [0.05, 0.1) is 4.21 Å². The third-order valence-electron chi connectivity index (χ3n) is 4.29. The molecular formula is C20H34OS2. The van der Waals surface area contributed by atoms with E-state index in [2.05, 4.69) is 19.2 Å². The van der Waals surface area contributed by atoms with Gasteiger partial charge in [0.25, 0.3) is 0 Å². The Morgan fingerprint density at radius 3 is 2.26 bits per heavy atom. The molecule has 1 aromatic heterocycles. The van der Waals surface area contributed by atoms with Crippen molar-refractivity contribution in [3.8, 4) is 0 Å². The Hall–Kier alpha value is -0.280. The van der Waals surface area contributed by atoms with Gasteiger partial charge in [0, 0.05) is 10.8 Å². The molecule has 0 aromatic carbocycles. The Morgan fingerprint density at radius 2 is 1.61 bits per heavy atom. The second-order valence-corrected chi connectivity index (χ2v) is 8.96. The van der Waals surface area contributed by atoms with Crippen LogP contribution in [0.2, 0.25) is 0 Å². The van der Waals surface area contributed by atoms with Crippen LogP contribution >= 0.6 is 23.1 Å². The van der Waals surface area contributed by atoms with Gasteiger partial charge in [-0.1, -0.05) is 71.6 Å². The molecule has 23 heavy (non-hydrogen) atoms. The third-order valence-corrected chi connectivity index (χ3v) is 6.81. The van der Waals surface area contributed by atoms with Crippen LogP contribution in [0.5, 0.6) is 0 Å². The number of carbonyl (C=O) groups is 1. The highest BCUT2D eigenvalue weighted by molar-refractivity contribution is 8.01. The maximum Gasteiger partial charge on any atom is 0.161 e. The van der Waals surface area contributed by atoms with E-state index in [0.717, 1.165) is 5.56 Å². The molecule has 0 radical (unpaired) electrons. The lowest BCUT2D eigenvalue weighted by Crippen LogP contribution is -2.03. The van der Waals surface area contributed by atoms with Crippen LogP contribution in [0, 0.1) is 0 Å². The van der Waals surface area contributed by atoms with Crippen LogP contribution in [0.1, 0.15) is 102 Å². The monoisotopic (exact) mass is 354 g/mol. The molecule has 1 rings (SSSR count). The fourth-order valence-electron chi connectivity index (χ4n) is 2.82. The largest absolute Gasteiger partial charge is 0.294 e. The van der Waals surface area contributed by atoms with Crippen LogP contribution in [0.15, 0.2) is 15.7 Å². The van der Waals surface area contributed by atoms with Gasteiger partial charge in [-0.3, -0.25) is 4.79 Å². The van der Waals surface area contributed by atoms with Crippen molar-refractivity contribution in [1.82, 2.24) is 0 Å². The van der Waals surface area contributed by atoms with Crippen LogP contribution in [0.3, 0.4) is 0 Å². The summed E-state index contributed by atoms with van der Waals surface area (Å²) in [6.07, 6.45) is 14.8. The first kappa shape index (κ1) is 20.8. The summed E-state index contributed by atoms with van der Waals surface area (Å²) in [5.74, 6) is 0.207. The first-order valence-corrected chi connectivity index (χ1v) is 11.2. The number of ketones is 1. The first-order valence-electron chi connectivity index (χ1n) is 9.44. The smallest absolute Gasteiger partial charge is 0.161 e. The summed E-state index contributed by atoms with van der Waals surface area (Å²) < 4.78 is 1.24. The molecule has 1 unspecified atom stereocenters. The van der Waals surface area contributed by atoms with Gasteiger partial charge in [0.1, 0.15) is 0 Å². The zero-order valence-corrected chi connectivity index (χ0v) is 16.9. The van der Waals surface area contributed by atoms with Crippen molar-refractivity contribution in [2.45, 2.75) is 101 Å². The molecule has 1 heterocycles. The summed E-state index contributed by atoms with van der Waals surface area (Å²) in [5, 5.41) is 2.74. The van der Waals surface area contributed by atoms with Gasteiger partial charge in [-0.2, -0.15) is 0 Å². The zero-order chi connectivity index (χ0) is 16.9. The van der Waals surface area contributed by atoms with Crippen molar-refractivity contribution in [3.63, 3.8) is 0 Å². The number of unbranched alkanes of at least 4 members (excludes halogenated alkanes) is 7. The van der Waals surface area contributed by atoms with E-state index < -0.39 is 0 Å². The summed E-state index contributed by atoms with van der Waals surface area (Å²) >= 11 is 3.69. The predicted molar refractivity (Wildman–Crippen MR) is 106 cm³/mol. The lowest BCUT2D eigenvalue weighted by molar-refractivity contribution is 0.101. The average Bonchev–Trinajstić information content (AvgIpc) is 2.99. The molecule has 1 nitrogen and oxygen atoms in total. The molecule has 0 fully saturated rings. The van der Waals surface area contributed by atoms with E-state index in [9.17, 15) is 4.79 Å². The van der Waals surface area contributed by atoms with Crippen molar-refractivity contribution in [1.29, 1.82) is 0 Å². The van der Waals surface area contributed by atoms with Gasteiger partial charge in [0.15, 0.2) is 5.78 Å². The van der Waals surface area contributed by atoms with Gasteiger partial charge >= 0.3 is 0 Å². The first-order chi connectivity index (χ1) is 11.2. The summed E-state index contributed by atoms with van der Waals surface area (Å²) in [6, 6.07) is 1.99. The summed E-state index contributed by atoms with van der Waals surface area (Å²) in [7, 11) is 0. The molecule has 1 atom stereocenters. The van der Waals surface area contributed by atoms with Gasteiger partial charge in [-0.15, -0.1) is 23.1 Å². The Bertz CT molecular complexity index is 425. The number of hydrogen-bond donors (Lipinski definition) is 0. The minimum atomic E-state index is 0.207. The van der Waals surface area contributed by atoms with Gasteiger partial charge in [-0.25, -0.2) is 0 Å². The topological polar surface area (TPSA) is 17.1 Å². The van der Waals surface area contributed by atoms with Crippen molar-refractivity contribution in [2.75, 3.05) is 0 Å². The summed E-state index contributed by atoms with van der Waals surface area (Å²) in [5.41, 5.74) is 0.932. The van der Waals surface area contributed by atoms with Crippen molar-refractivity contribution >= 4 is 28.9 Å². The number of thiophene rings is 1. The molecule has 0 aliphatic heterocycles. The molecule has 132 valence electrons. The zero-order valence-electron chi connectivity index (χ0n) is 15.2. The normalized spacial score (nSPS) is 12.5. The summed E-state index contributed by atoms with van der Waals surface area (Å²) in [4.78, 5) is 11.7. The van der Waals surface area contributed by atoms with E-state index in [0.29, 0.717) is 5.25 Å². The van der Waals surface area contributed by atoms with Crippen molar-refractivity contribution in [3.05, 3.63) is 17.0 Å². The molecule has 0 aliphatic rings. The SMILES string of the molecule is CCCCCCCCCC(CCCC)Sc1sccc1C(C)=O. The van der Waals surface area contributed by atoms with E-state index in [-0.39, 0.29) is 5.78 Å². The van der Waals surface area contributed by atoms with E-state index in [1.54, 1.807) is 18.3 Å². The average molecular weight is 355 g/mol. The minimum absolute atomic E-state index is 0.207. The van der Waals surface area contributed by atoms with Crippen molar-refractivity contribution in [2.24, 2.45) is 0 Å². The third kappa shape index (κ3) is 8.95. The number of hydrogen-bond acceptors (Lipinski definition) is 3. The van der Waals surface area contributed by atoms with Crippen molar-refractivity contribution < 1.29 is 4.79 Å². The van der Waals surface area contributed by atoms with Crippen LogP contribution in [0.25, 0.3) is 0 Å². The molecule has 3 heteroatoms. The van der Waals surface area contributed by atoms with Gasteiger partial charge in [-0.05, 0) is 31.2 Å². The Balaban J connectivity index is 2.37. The maximum absolute atomic E-state index is 11.7. The number of Topliss-reactive ketones (excluding diaryl/α,β-unsaturated/α-hetero) is 1. The second kappa shape index (κ2) is 13.1. The molecule has 0 spiro atoms. The molecule has 1 aromatic rings. The molecule has 0 N–H and O–H groups in total. The van der Waals surface area contributed by atoms with E-state index in [1.165, 1.54) is 74.8 Å². The van der Waals surface area contributed by atoms with Crippen LogP contribution in [0.4, 0.5) is 0 Å². The Kier molecular flexibility index (Phi) is 11.8. The predicted octanol–water partition coefficient (Wildman–Crippen LogP) is 7.74. The lowest BCUT2D eigenvalue weighted by atomic mass is 10.1. The number of carbonyl (C=O) groups excluding carboxylic acids is 1. The molecule has 0 aliphatic carbocycles. The highest BCUT2D eigenvalue weighted by Gasteiger charge is 2.15. The number of rotatable bonds is 14. The lowest BCUT2D eigenvalue weighted by Gasteiger charge is -2.16. The Morgan fingerprint density at radius 1 is 1.00 bits per heavy atom. The highest BCUT2D eigenvalue weighted by Crippen LogP contribution is 2.36.